The Morgan fingerprint density at radius 2 is 2.00 bits per heavy atom. The summed E-state index contributed by atoms with van der Waals surface area (Å²) in [5.74, 6) is 0.998. The molecule has 2 heterocycles. The summed E-state index contributed by atoms with van der Waals surface area (Å²) in [7, 11) is 0. The Morgan fingerprint density at radius 1 is 1.22 bits per heavy atom. The fourth-order valence-electron chi connectivity index (χ4n) is 1.69. The van der Waals surface area contributed by atoms with Gasteiger partial charge in [-0.05, 0) is 17.7 Å². The first-order chi connectivity index (χ1) is 8.75. The zero-order valence-electron chi connectivity index (χ0n) is 9.13. The first-order valence-electron chi connectivity index (χ1n) is 5.15. The standard InChI is InChI=1S/C12H8ClN3OS/c13-8-3-1-7(2-4-8)10-11(17-16-12(10)14)9-5-15-6-18-9/h1-6H,(H2,14,16). The van der Waals surface area contributed by atoms with Crippen LogP contribution in [0.15, 0.2) is 40.5 Å². The van der Waals surface area contributed by atoms with Crippen molar-refractivity contribution < 1.29 is 4.52 Å². The van der Waals surface area contributed by atoms with Crippen molar-refractivity contribution in [2.45, 2.75) is 0 Å². The van der Waals surface area contributed by atoms with Crippen LogP contribution in [0.1, 0.15) is 0 Å². The Kier molecular flexibility index (Phi) is 2.77. The first kappa shape index (κ1) is 11.3. The zero-order chi connectivity index (χ0) is 12.5. The van der Waals surface area contributed by atoms with Gasteiger partial charge in [0.15, 0.2) is 11.6 Å². The molecule has 3 aromatic rings. The van der Waals surface area contributed by atoms with Crippen molar-refractivity contribution in [1.82, 2.24) is 10.1 Å². The van der Waals surface area contributed by atoms with Crippen LogP contribution in [0.4, 0.5) is 5.82 Å². The molecule has 0 aliphatic heterocycles. The van der Waals surface area contributed by atoms with Crippen molar-refractivity contribution >= 4 is 28.8 Å². The van der Waals surface area contributed by atoms with E-state index in [-0.39, 0.29) is 0 Å². The van der Waals surface area contributed by atoms with Gasteiger partial charge in [-0.3, -0.25) is 4.98 Å². The van der Waals surface area contributed by atoms with Gasteiger partial charge in [0.05, 0.1) is 16.0 Å². The molecule has 3 rings (SSSR count). The predicted octanol–water partition coefficient (Wildman–Crippen LogP) is 3.70. The average Bonchev–Trinajstić information content (AvgIpc) is 2.99. The highest BCUT2D eigenvalue weighted by atomic mass is 35.5. The van der Waals surface area contributed by atoms with E-state index in [2.05, 4.69) is 10.1 Å². The van der Waals surface area contributed by atoms with Gasteiger partial charge in [-0.1, -0.05) is 28.9 Å². The smallest absolute Gasteiger partial charge is 0.188 e. The lowest BCUT2D eigenvalue weighted by atomic mass is 10.1. The molecule has 0 spiro atoms. The van der Waals surface area contributed by atoms with Crippen LogP contribution in [0.3, 0.4) is 0 Å². The number of nitrogens with zero attached hydrogens (tertiary/aromatic N) is 2. The molecule has 90 valence electrons. The van der Waals surface area contributed by atoms with Crippen LogP contribution in [-0.2, 0) is 0 Å². The van der Waals surface area contributed by atoms with Crippen molar-refractivity contribution in [2.24, 2.45) is 0 Å². The molecular formula is C12H8ClN3OS. The second-order valence-corrected chi connectivity index (χ2v) is 4.97. The topological polar surface area (TPSA) is 64.9 Å². The lowest BCUT2D eigenvalue weighted by molar-refractivity contribution is 0.437. The molecular weight excluding hydrogens is 270 g/mol. The van der Waals surface area contributed by atoms with Crippen molar-refractivity contribution in [2.75, 3.05) is 5.73 Å². The summed E-state index contributed by atoms with van der Waals surface area (Å²) < 4.78 is 5.29. The highest BCUT2D eigenvalue weighted by Crippen LogP contribution is 2.38. The average molecular weight is 278 g/mol. The maximum Gasteiger partial charge on any atom is 0.188 e. The van der Waals surface area contributed by atoms with E-state index in [1.54, 1.807) is 23.8 Å². The van der Waals surface area contributed by atoms with Crippen molar-refractivity contribution in [3.63, 3.8) is 0 Å². The molecule has 0 unspecified atom stereocenters. The molecule has 0 saturated carbocycles. The van der Waals surface area contributed by atoms with Crippen LogP contribution in [-0.4, -0.2) is 10.1 Å². The van der Waals surface area contributed by atoms with Crippen LogP contribution < -0.4 is 5.73 Å². The number of hydrogen-bond donors (Lipinski definition) is 1. The summed E-state index contributed by atoms with van der Waals surface area (Å²) in [6.45, 7) is 0. The minimum absolute atomic E-state index is 0.362. The summed E-state index contributed by atoms with van der Waals surface area (Å²) in [6, 6.07) is 7.38. The quantitative estimate of drug-likeness (QED) is 0.776. The number of nitrogen functional groups attached to an aromatic ring is 1. The number of nitrogens with two attached hydrogens (primary N) is 1. The maximum absolute atomic E-state index is 5.87. The summed E-state index contributed by atoms with van der Waals surface area (Å²) in [4.78, 5) is 4.92. The Balaban J connectivity index is 2.17. The largest absolute Gasteiger partial charge is 0.380 e. The van der Waals surface area contributed by atoms with Gasteiger partial charge in [-0.2, -0.15) is 0 Å². The number of benzene rings is 1. The van der Waals surface area contributed by atoms with Crippen LogP contribution in [0.2, 0.25) is 5.02 Å². The molecule has 18 heavy (non-hydrogen) atoms. The molecule has 6 heteroatoms. The Hall–Kier alpha value is -1.85. The van der Waals surface area contributed by atoms with Crippen LogP contribution in [0, 0.1) is 0 Å². The maximum atomic E-state index is 5.87. The van der Waals surface area contributed by atoms with Gasteiger partial charge < -0.3 is 10.3 Å². The van der Waals surface area contributed by atoms with E-state index >= 15 is 0 Å². The van der Waals surface area contributed by atoms with E-state index in [4.69, 9.17) is 21.9 Å². The minimum atomic E-state index is 0.362. The van der Waals surface area contributed by atoms with E-state index in [1.165, 1.54) is 11.3 Å². The fraction of sp³-hybridized carbons (Fsp3) is 0. The highest BCUT2D eigenvalue weighted by Gasteiger charge is 2.18. The van der Waals surface area contributed by atoms with Crippen molar-refractivity contribution in [3.8, 4) is 21.8 Å². The van der Waals surface area contributed by atoms with Gasteiger partial charge in [0.1, 0.15) is 0 Å². The molecule has 0 fully saturated rings. The summed E-state index contributed by atoms with van der Waals surface area (Å²) in [5.41, 5.74) is 9.29. The molecule has 1 aromatic carbocycles. The molecule has 0 radical (unpaired) electrons. The molecule has 0 amide bonds. The molecule has 2 N–H and O–H groups in total. The SMILES string of the molecule is Nc1noc(-c2cncs2)c1-c1ccc(Cl)cc1. The Morgan fingerprint density at radius 3 is 2.67 bits per heavy atom. The van der Waals surface area contributed by atoms with E-state index in [1.807, 2.05) is 12.1 Å². The fourth-order valence-corrected chi connectivity index (χ4v) is 2.42. The molecule has 0 aliphatic carbocycles. The van der Waals surface area contributed by atoms with Crippen molar-refractivity contribution in [3.05, 3.63) is 41.0 Å². The van der Waals surface area contributed by atoms with Crippen LogP contribution >= 0.6 is 22.9 Å². The van der Waals surface area contributed by atoms with Gasteiger partial charge in [-0.15, -0.1) is 11.3 Å². The minimum Gasteiger partial charge on any atom is -0.380 e. The monoisotopic (exact) mass is 277 g/mol. The van der Waals surface area contributed by atoms with E-state index < -0.39 is 0 Å². The number of aromatic nitrogens is 2. The predicted molar refractivity (Wildman–Crippen MR) is 72.5 cm³/mol. The van der Waals surface area contributed by atoms with Gasteiger partial charge in [0, 0.05) is 11.2 Å². The molecule has 0 saturated heterocycles. The summed E-state index contributed by atoms with van der Waals surface area (Å²) in [6.07, 6.45) is 1.73. The number of rotatable bonds is 2. The lowest BCUT2D eigenvalue weighted by Crippen LogP contribution is -1.88. The van der Waals surface area contributed by atoms with E-state index in [9.17, 15) is 0 Å². The molecule has 0 aliphatic rings. The molecule has 0 bridgehead atoms. The van der Waals surface area contributed by atoms with E-state index in [0.29, 0.717) is 16.6 Å². The second-order valence-electron chi connectivity index (χ2n) is 3.64. The molecule has 0 atom stereocenters. The van der Waals surface area contributed by atoms with E-state index in [0.717, 1.165) is 16.0 Å². The van der Waals surface area contributed by atoms with Gasteiger partial charge in [-0.25, -0.2) is 0 Å². The Bertz CT molecular complexity index is 661. The highest BCUT2D eigenvalue weighted by molar-refractivity contribution is 7.13. The van der Waals surface area contributed by atoms with Gasteiger partial charge >= 0.3 is 0 Å². The zero-order valence-corrected chi connectivity index (χ0v) is 10.7. The van der Waals surface area contributed by atoms with Crippen molar-refractivity contribution in [1.29, 1.82) is 0 Å². The molecule has 2 aromatic heterocycles. The third-order valence-corrected chi connectivity index (χ3v) is 3.53. The normalized spacial score (nSPS) is 10.7. The van der Waals surface area contributed by atoms with Crippen LogP contribution in [0.5, 0.6) is 0 Å². The van der Waals surface area contributed by atoms with Gasteiger partial charge in [0.2, 0.25) is 0 Å². The number of halogens is 1. The molecule has 4 nitrogen and oxygen atoms in total. The number of anilines is 1. The van der Waals surface area contributed by atoms with Crippen LogP contribution in [0.25, 0.3) is 21.8 Å². The lowest BCUT2D eigenvalue weighted by Gasteiger charge is -2.00. The number of hydrogen-bond acceptors (Lipinski definition) is 5. The first-order valence-corrected chi connectivity index (χ1v) is 6.41. The van der Waals surface area contributed by atoms with Gasteiger partial charge in [0.25, 0.3) is 0 Å². The Labute approximate surface area is 112 Å². The summed E-state index contributed by atoms with van der Waals surface area (Å²) in [5, 5.41) is 4.49. The third-order valence-electron chi connectivity index (χ3n) is 2.51. The second kappa shape index (κ2) is 4.44. The summed E-state index contributed by atoms with van der Waals surface area (Å²) >= 11 is 7.35. The third kappa shape index (κ3) is 1.87. The number of thiazole rings is 1.